The number of amides is 1. The van der Waals surface area contributed by atoms with Crippen molar-refractivity contribution < 1.29 is 19.4 Å². The summed E-state index contributed by atoms with van der Waals surface area (Å²) >= 11 is 0. The lowest BCUT2D eigenvalue weighted by Gasteiger charge is -2.13. The highest BCUT2D eigenvalue weighted by Gasteiger charge is 2.17. The van der Waals surface area contributed by atoms with Crippen molar-refractivity contribution in [3.05, 3.63) is 36.4 Å². The first kappa shape index (κ1) is 14.8. The molecule has 110 valence electrons. The van der Waals surface area contributed by atoms with Crippen molar-refractivity contribution in [2.45, 2.75) is 12.5 Å². The highest BCUT2D eigenvalue weighted by molar-refractivity contribution is 6.00. The molecular formula is C15H16N2O4. The van der Waals surface area contributed by atoms with Crippen LogP contribution in [0.4, 0.5) is 5.69 Å². The third kappa shape index (κ3) is 3.49. The molecule has 0 bridgehead atoms. The Labute approximate surface area is 121 Å². The Morgan fingerprint density at radius 3 is 2.71 bits per heavy atom. The number of benzene rings is 2. The Balaban J connectivity index is 2.26. The van der Waals surface area contributed by atoms with Crippen LogP contribution in [0.5, 0.6) is 5.75 Å². The molecule has 0 aliphatic carbocycles. The summed E-state index contributed by atoms with van der Waals surface area (Å²) in [5.74, 6) is -1.04. The van der Waals surface area contributed by atoms with Crippen LogP contribution in [0.2, 0.25) is 0 Å². The summed E-state index contributed by atoms with van der Waals surface area (Å²) in [6.45, 7) is 0. The number of methoxy groups -OCH3 is 1. The minimum atomic E-state index is -1.12. The van der Waals surface area contributed by atoms with Gasteiger partial charge in [0.1, 0.15) is 5.75 Å². The topological polar surface area (TPSA) is 102 Å². The summed E-state index contributed by atoms with van der Waals surface area (Å²) in [5, 5.41) is 13.1. The molecule has 2 aromatic rings. The highest BCUT2D eigenvalue weighted by Crippen LogP contribution is 2.29. The normalized spacial score (nSPS) is 11.9. The Kier molecular flexibility index (Phi) is 4.39. The molecule has 6 heteroatoms. The number of aliphatic carboxylic acids is 1. The first-order valence-electron chi connectivity index (χ1n) is 6.36. The second-order valence-corrected chi connectivity index (χ2v) is 4.59. The average molecular weight is 288 g/mol. The number of nitrogens with one attached hydrogen (secondary N) is 1. The van der Waals surface area contributed by atoms with Crippen LogP contribution in [0.15, 0.2) is 36.4 Å². The van der Waals surface area contributed by atoms with E-state index in [-0.39, 0.29) is 0 Å². The van der Waals surface area contributed by atoms with Crippen LogP contribution < -0.4 is 15.8 Å². The van der Waals surface area contributed by atoms with E-state index in [1.54, 1.807) is 19.2 Å². The maximum atomic E-state index is 11.8. The molecular weight excluding hydrogens is 272 g/mol. The van der Waals surface area contributed by atoms with Crippen LogP contribution in [0.25, 0.3) is 10.8 Å². The summed E-state index contributed by atoms with van der Waals surface area (Å²) < 4.78 is 5.30. The van der Waals surface area contributed by atoms with Gasteiger partial charge < -0.3 is 20.9 Å². The molecule has 4 N–H and O–H groups in total. The van der Waals surface area contributed by atoms with Crippen LogP contribution >= 0.6 is 0 Å². The zero-order valence-corrected chi connectivity index (χ0v) is 11.5. The first-order valence-corrected chi connectivity index (χ1v) is 6.36. The molecule has 0 radical (unpaired) electrons. The van der Waals surface area contributed by atoms with Gasteiger partial charge in [0, 0.05) is 17.1 Å². The van der Waals surface area contributed by atoms with Crippen LogP contribution in [-0.2, 0) is 9.59 Å². The van der Waals surface area contributed by atoms with Gasteiger partial charge in [-0.05, 0) is 11.5 Å². The number of hydrogen-bond donors (Lipinski definition) is 3. The molecule has 0 saturated heterocycles. The number of rotatable bonds is 5. The van der Waals surface area contributed by atoms with Gasteiger partial charge in [-0.15, -0.1) is 0 Å². The van der Waals surface area contributed by atoms with E-state index in [4.69, 9.17) is 15.6 Å². The Morgan fingerprint density at radius 1 is 1.33 bits per heavy atom. The van der Waals surface area contributed by atoms with Gasteiger partial charge in [0.05, 0.1) is 19.6 Å². The van der Waals surface area contributed by atoms with E-state index in [2.05, 4.69) is 5.32 Å². The number of carbonyl (C=O) groups excluding carboxylic acids is 1. The number of anilines is 1. The van der Waals surface area contributed by atoms with E-state index >= 15 is 0 Å². The van der Waals surface area contributed by atoms with Gasteiger partial charge in [0.15, 0.2) is 0 Å². The molecule has 1 amide bonds. The van der Waals surface area contributed by atoms with Crippen molar-refractivity contribution in [2.75, 3.05) is 12.4 Å². The molecule has 6 nitrogen and oxygen atoms in total. The Morgan fingerprint density at radius 2 is 2.05 bits per heavy atom. The van der Waals surface area contributed by atoms with Crippen molar-refractivity contribution in [1.29, 1.82) is 0 Å². The monoisotopic (exact) mass is 288 g/mol. The molecule has 0 fully saturated rings. The summed E-state index contributed by atoms with van der Waals surface area (Å²) in [7, 11) is 1.55. The molecule has 0 heterocycles. The summed E-state index contributed by atoms with van der Waals surface area (Å²) in [5.41, 5.74) is 6.04. The van der Waals surface area contributed by atoms with Gasteiger partial charge in [0.2, 0.25) is 5.91 Å². The Hall–Kier alpha value is -2.60. The number of carbonyl (C=O) groups is 2. The molecule has 0 aliphatic heterocycles. The number of carboxylic acids is 1. The summed E-state index contributed by atoms with van der Waals surface area (Å²) in [4.78, 5) is 22.4. The number of ether oxygens (including phenoxy) is 1. The van der Waals surface area contributed by atoms with E-state index in [1.165, 1.54) is 0 Å². The van der Waals surface area contributed by atoms with Crippen LogP contribution in [0.1, 0.15) is 6.42 Å². The van der Waals surface area contributed by atoms with Gasteiger partial charge in [-0.2, -0.15) is 0 Å². The predicted octanol–water partition coefficient (Wildman–Crippen LogP) is 1.59. The number of fused-ring (bicyclic) bond motifs is 1. The highest BCUT2D eigenvalue weighted by atomic mass is 16.5. The third-order valence-corrected chi connectivity index (χ3v) is 3.04. The molecule has 1 unspecified atom stereocenters. The summed E-state index contributed by atoms with van der Waals surface area (Å²) in [6, 6.07) is 9.94. The quantitative estimate of drug-likeness (QED) is 0.775. The van der Waals surface area contributed by atoms with Crippen molar-refractivity contribution in [3.63, 3.8) is 0 Å². The largest absolute Gasteiger partial charge is 0.496 e. The smallest absolute Gasteiger partial charge is 0.305 e. The van der Waals surface area contributed by atoms with E-state index in [0.717, 1.165) is 10.8 Å². The fourth-order valence-corrected chi connectivity index (χ4v) is 2.03. The predicted molar refractivity (Wildman–Crippen MR) is 79.4 cm³/mol. The molecule has 1 atom stereocenters. The second-order valence-electron chi connectivity index (χ2n) is 4.59. The van der Waals surface area contributed by atoms with Crippen LogP contribution in [0.3, 0.4) is 0 Å². The van der Waals surface area contributed by atoms with Gasteiger partial charge in [0.25, 0.3) is 0 Å². The molecule has 21 heavy (non-hydrogen) atoms. The van der Waals surface area contributed by atoms with Crippen molar-refractivity contribution in [3.8, 4) is 5.75 Å². The van der Waals surface area contributed by atoms with E-state index in [9.17, 15) is 9.59 Å². The molecule has 2 rings (SSSR count). The maximum absolute atomic E-state index is 11.8. The zero-order valence-electron chi connectivity index (χ0n) is 11.5. The third-order valence-electron chi connectivity index (χ3n) is 3.04. The molecule has 0 spiro atoms. The molecule has 2 aromatic carbocycles. The lowest BCUT2D eigenvalue weighted by atomic mass is 10.1. The second kappa shape index (κ2) is 6.23. The van der Waals surface area contributed by atoms with E-state index in [0.29, 0.717) is 11.4 Å². The first-order chi connectivity index (χ1) is 10.0. The van der Waals surface area contributed by atoms with Crippen molar-refractivity contribution in [1.82, 2.24) is 0 Å². The van der Waals surface area contributed by atoms with Gasteiger partial charge in [-0.1, -0.05) is 24.3 Å². The lowest BCUT2D eigenvalue weighted by molar-refractivity contribution is -0.138. The lowest BCUT2D eigenvalue weighted by Crippen LogP contribution is -2.37. The zero-order chi connectivity index (χ0) is 15.4. The van der Waals surface area contributed by atoms with Crippen LogP contribution in [0, 0.1) is 0 Å². The minimum absolute atomic E-state index is 0.420. The number of nitrogens with two attached hydrogens (primary N) is 1. The SMILES string of the molecule is COc1cc(NC(=O)C(N)CC(=O)O)cc2ccccc12. The average Bonchev–Trinajstić information content (AvgIpc) is 2.45. The Bertz CT molecular complexity index is 684. The van der Waals surface area contributed by atoms with Gasteiger partial charge >= 0.3 is 5.97 Å². The maximum Gasteiger partial charge on any atom is 0.305 e. The number of carboxylic acid groups (broad SMARTS) is 1. The summed E-state index contributed by atoms with van der Waals surface area (Å²) in [6.07, 6.45) is -0.420. The van der Waals surface area contributed by atoms with E-state index in [1.807, 2.05) is 24.3 Å². The number of hydrogen-bond acceptors (Lipinski definition) is 4. The molecule has 0 aromatic heterocycles. The fourth-order valence-electron chi connectivity index (χ4n) is 2.03. The van der Waals surface area contributed by atoms with Crippen LogP contribution in [-0.4, -0.2) is 30.1 Å². The standard InChI is InChI=1S/C15H16N2O4/c1-21-13-7-10(6-9-4-2-3-5-11(9)13)17-15(20)12(16)8-14(18)19/h2-7,12H,8,16H2,1H3,(H,17,20)(H,18,19). The van der Waals surface area contributed by atoms with Gasteiger partial charge in [-0.3, -0.25) is 9.59 Å². The van der Waals surface area contributed by atoms with Crippen molar-refractivity contribution >= 4 is 28.3 Å². The fraction of sp³-hybridized carbons (Fsp3) is 0.200. The van der Waals surface area contributed by atoms with Gasteiger partial charge in [-0.25, -0.2) is 0 Å². The molecule has 0 saturated carbocycles. The molecule has 0 aliphatic rings. The van der Waals surface area contributed by atoms with Crippen molar-refractivity contribution in [2.24, 2.45) is 5.73 Å². The van der Waals surface area contributed by atoms with E-state index < -0.39 is 24.3 Å². The minimum Gasteiger partial charge on any atom is -0.496 e.